The molecule has 0 bridgehead atoms. The number of carboxylic acid groups (broad SMARTS) is 1. The molecule has 1 unspecified atom stereocenters. The Morgan fingerprint density at radius 2 is 2.25 bits per heavy atom. The van der Waals surface area contributed by atoms with Crippen LogP contribution in [0.4, 0.5) is 4.39 Å². The van der Waals surface area contributed by atoms with Gasteiger partial charge in [0, 0.05) is 13.1 Å². The van der Waals surface area contributed by atoms with Gasteiger partial charge in [0.05, 0.1) is 5.41 Å². The Kier molecular flexibility index (Phi) is 4.43. The van der Waals surface area contributed by atoms with Crippen LogP contribution in [0, 0.1) is 18.2 Å². The molecule has 1 aliphatic rings. The van der Waals surface area contributed by atoms with Gasteiger partial charge < -0.3 is 5.11 Å². The molecule has 0 radical (unpaired) electrons. The zero-order valence-electron chi connectivity index (χ0n) is 12.2. The number of carboxylic acids is 1. The van der Waals surface area contributed by atoms with E-state index in [0.717, 1.165) is 30.5 Å². The van der Waals surface area contributed by atoms with Gasteiger partial charge in [-0.25, -0.2) is 4.39 Å². The third-order valence-corrected chi connectivity index (χ3v) is 4.48. The number of piperidine rings is 1. The largest absolute Gasteiger partial charge is 0.481 e. The summed E-state index contributed by atoms with van der Waals surface area (Å²) in [4.78, 5) is 13.7. The maximum Gasteiger partial charge on any atom is 0.310 e. The average Bonchev–Trinajstić information content (AvgIpc) is 2.42. The van der Waals surface area contributed by atoms with E-state index in [0.29, 0.717) is 19.5 Å². The Labute approximate surface area is 119 Å². The number of rotatable bonds is 4. The van der Waals surface area contributed by atoms with Gasteiger partial charge in [0.15, 0.2) is 0 Å². The lowest BCUT2D eigenvalue weighted by molar-refractivity contribution is -0.153. The molecule has 1 aromatic carbocycles. The zero-order valence-corrected chi connectivity index (χ0v) is 12.2. The van der Waals surface area contributed by atoms with Crippen LogP contribution in [0.15, 0.2) is 18.2 Å². The highest BCUT2D eigenvalue weighted by molar-refractivity contribution is 5.75. The summed E-state index contributed by atoms with van der Waals surface area (Å²) >= 11 is 0. The highest BCUT2D eigenvalue weighted by Crippen LogP contribution is 2.34. The van der Waals surface area contributed by atoms with E-state index >= 15 is 0 Å². The van der Waals surface area contributed by atoms with Gasteiger partial charge in [-0.1, -0.05) is 13.0 Å². The summed E-state index contributed by atoms with van der Waals surface area (Å²) in [6.07, 6.45) is 2.30. The highest BCUT2D eigenvalue weighted by atomic mass is 19.1. The quantitative estimate of drug-likeness (QED) is 0.920. The first-order valence-electron chi connectivity index (χ1n) is 7.17. The fraction of sp³-hybridized carbons (Fsp3) is 0.562. The topological polar surface area (TPSA) is 40.5 Å². The summed E-state index contributed by atoms with van der Waals surface area (Å²) in [7, 11) is 0. The number of aryl methyl sites for hydroxylation is 1. The van der Waals surface area contributed by atoms with Crippen LogP contribution in [0.5, 0.6) is 0 Å². The predicted molar refractivity (Wildman–Crippen MR) is 76.0 cm³/mol. The molecule has 0 saturated carbocycles. The molecule has 1 atom stereocenters. The molecule has 4 heteroatoms. The van der Waals surface area contributed by atoms with E-state index in [4.69, 9.17) is 0 Å². The SMILES string of the molecule is CCC1(C(=O)O)CCCN(Cc2ccc(F)cc2C)C1. The van der Waals surface area contributed by atoms with E-state index in [1.807, 2.05) is 13.8 Å². The van der Waals surface area contributed by atoms with Gasteiger partial charge in [-0.05, 0) is 56.0 Å². The van der Waals surface area contributed by atoms with Gasteiger partial charge in [0.1, 0.15) is 5.82 Å². The van der Waals surface area contributed by atoms with Crippen LogP contribution in [-0.2, 0) is 11.3 Å². The summed E-state index contributed by atoms with van der Waals surface area (Å²) < 4.78 is 13.1. The van der Waals surface area contributed by atoms with E-state index in [9.17, 15) is 14.3 Å². The number of nitrogens with zero attached hydrogens (tertiary/aromatic N) is 1. The van der Waals surface area contributed by atoms with Crippen molar-refractivity contribution in [2.75, 3.05) is 13.1 Å². The Hall–Kier alpha value is -1.42. The van der Waals surface area contributed by atoms with Crippen LogP contribution in [0.3, 0.4) is 0 Å². The van der Waals surface area contributed by atoms with Gasteiger partial charge in [-0.15, -0.1) is 0 Å². The molecular weight excluding hydrogens is 257 g/mol. The van der Waals surface area contributed by atoms with Crippen molar-refractivity contribution in [3.05, 3.63) is 35.1 Å². The molecule has 1 aliphatic heterocycles. The average molecular weight is 279 g/mol. The second-order valence-electron chi connectivity index (χ2n) is 5.82. The lowest BCUT2D eigenvalue weighted by Gasteiger charge is -2.39. The number of benzene rings is 1. The number of aliphatic carboxylic acids is 1. The van der Waals surface area contributed by atoms with E-state index in [2.05, 4.69) is 4.90 Å². The fourth-order valence-electron chi connectivity index (χ4n) is 3.05. The predicted octanol–water partition coefficient (Wildman–Crippen LogP) is 3.21. The highest BCUT2D eigenvalue weighted by Gasteiger charge is 2.40. The van der Waals surface area contributed by atoms with Crippen molar-refractivity contribution in [2.45, 2.75) is 39.7 Å². The van der Waals surface area contributed by atoms with Crippen LogP contribution in [0.2, 0.25) is 0 Å². The first-order chi connectivity index (χ1) is 9.47. The molecule has 0 amide bonds. The lowest BCUT2D eigenvalue weighted by Crippen LogP contribution is -2.47. The summed E-state index contributed by atoms with van der Waals surface area (Å²) in [6, 6.07) is 4.80. The Morgan fingerprint density at radius 3 is 2.85 bits per heavy atom. The van der Waals surface area contributed by atoms with Crippen molar-refractivity contribution >= 4 is 5.97 Å². The second kappa shape index (κ2) is 5.92. The van der Waals surface area contributed by atoms with Crippen molar-refractivity contribution in [3.8, 4) is 0 Å². The number of likely N-dealkylation sites (tertiary alicyclic amines) is 1. The number of hydrogen-bond acceptors (Lipinski definition) is 2. The van der Waals surface area contributed by atoms with Gasteiger partial charge >= 0.3 is 5.97 Å². The van der Waals surface area contributed by atoms with Gasteiger partial charge in [-0.3, -0.25) is 9.69 Å². The minimum absolute atomic E-state index is 0.224. The van der Waals surface area contributed by atoms with Crippen molar-refractivity contribution in [3.63, 3.8) is 0 Å². The van der Waals surface area contributed by atoms with Crippen molar-refractivity contribution in [1.29, 1.82) is 0 Å². The van der Waals surface area contributed by atoms with E-state index in [1.165, 1.54) is 12.1 Å². The smallest absolute Gasteiger partial charge is 0.310 e. The molecule has 1 aromatic rings. The standard InChI is InChI=1S/C16H22FNO2/c1-3-16(15(19)20)7-4-8-18(11-16)10-13-5-6-14(17)9-12(13)2/h5-6,9H,3-4,7-8,10-11H2,1-2H3,(H,19,20). The third-order valence-electron chi connectivity index (χ3n) is 4.48. The molecule has 20 heavy (non-hydrogen) atoms. The summed E-state index contributed by atoms with van der Waals surface area (Å²) in [6.45, 7) is 6.02. The van der Waals surface area contributed by atoms with E-state index in [1.54, 1.807) is 6.07 Å². The van der Waals surface area contributed by atoms with Crippen LogP contribution < -0.4 is 0 Å². The Bertz CT molecular complexity index is 503. The van der Waals surface area contributed by atoms with Gasteiger partial charge in [-0.2, -0.15) is 0 Å². The molecular formula is C16H22FNO2. The molecule has 0 aliphatic carbocycles. The maximum atomic E-state index is 13.1. The second-order valence-corrected chi connectivity index (χ2v) is 5.82. The maximum absolute atomic E-state index is 13.1. The van der Waals surface area contributed by atoms with Crippen LogP contribution in [-0.4, -0.2) is 29.1 Å². The van der Waals surface area contributed by atoms with Crippen molar-refractivity contribution in [2.24, 2.45) is 5.41 Å². The molecule has 1 fully saturated rings. The molecule has 1 saturated heterocycles. The van der Waals surface area contributed by atoms with Gasteiger partial charge in [0.2, 0.25) is 0 Å². The zero-order chi connectivity index (χ0) is 14.8. The lowest BCUT2D eigenvalue weighted by atomic mass is 9.77. The monoisotopic (exact) mass is 279 g/mol. The fourth-order valence-corrected chi connectivity index (χ4v) is 3.05. The number of hydrogen-bond donors (Lipinski definition) is 1. The van der Waals surface area contributed by atoms with Crippen LogP contribution in [0.1, 0.15) is 37.3 Å². The molecule has 2 rings (SSSR count). The van der Waals surface area contributed by atoms with Crippen LogP contribution in [0.25, 0.3) is 0 Å². The first-order valence-corrected chi connectivity index (χ1v) is 7.17. The molecule has 1 heterocycles. The Morgan fingerprint density at radius 1 is 1.50 bits per heavy atom. The van der Waals surface area contributed by atoms with Crippen molar-refractivity contribution in [1.82, 2.24) is 4.90 Å². The normalized spacial score (nSPS) is 23.8. The number of halogens is 1. The summed E-state index contributed by atoms with van der Waals surface area (Å²) in [5.41, 5.74) is 1.38. The van der Waals surface area contributed by atoms with E-state index in [-0.39, 0.29) is 5.82 Å². The van der Waals surface area contributed by atoms with Crippen LogP contribution >= 0.6 is 0 Å². The molecule has 3 nitrogen and oxygen atoms in total. The van der Waals surface area contributed by atoms with E-state index < -0.39 is 11.4 Å². The molecule has 1 N–H and O–H groups in total. The molecule has 0 spiro atoms. The van der Waals surface area contributed by atoms with Crippen molar-refractivity contribution < 1.29 is 14.3 Å². The minimum atomic E-state index is -0.694. The molecule has 0 aromatic heterocycles. The first kappa shape index (κ1) is 15.0. The van der Waals surface area contributed by atoms with Gasteiger partial charge in [0.25, 0.3) is 0 Å². The summed E-state index contributed by atoms with van der Waals surface area (Å²) in [5, 5.41) is 9.49. The summed E-state index contributed by atoms with van der Waals surface area (Å²) in [5.74, 6) is -0.918. The molecule has 110 valence electrons. The minimum Gasteiger partial charge on any atom is -0.481 e. The Balaban J connectivity index is 2.11. The number of carbonyl (C=O) groups is 1. The third kappa shape index (κ3) is 3.01.